The highest BCUT2D eigenvalue weighted by molar-refractivity contribution is 14.0. The van der Waals surface area contributed by atoms with E-state index in [-0.39, 0.29) is 41.7 Å². The van der Waals surface area contributed by atoms with Crippen LogP contribution >= 0.6 is 24.0 Å². The van der Waals surface area contributed by atoms with Crippen LogP contribution in [0.4, 0.5) is 8.78 Å². The molecule has 2 aliphatic rings. The molecule has 2 heterocycles. The zero-order valence-corrected chi connectivity index (χ0v) is 20.6. The first-order valence-corrected chi connectivity index (χ1v) is 10.8. The Hall–Kier alpha value is -1.49. The van der Waals surface area contributed by atoms with Crippen molar-refractivity contribution in [1.82, 2.24) is 15.1 Å². The van der Waals surface area contributed by atoms with E-state index in [1.165, 1.54) is 12.1 Å². The zero-order valence-electron chi connectivity index (χ0n) is 18.3. The highest BCUT2D eigenvalue weighted by Crippen LogP contribution is 2.22. The number of morpholine rings is 1. The van der Waals surface area contributed by atoms with Gasteiger partial charge in [-0.1, -0.05) is 13.0 Å². The Morgan fingerprint density at radius 2 is 1.87 bits per heavy atom. The van der Waals surface area contributed by atoms with Crippen molar-refractivity contribution in [1.29, 1.82) is 0 Å². The second-order valence-electron chi connectivity index (χ2n) is 7.96. The number of guanidine groups is 1. The van der Waals surface area contributed by atoms with Gasteiger partial charge in [0, 0.05) is 57.2 Å². The minimum atomic E-state index is -0.574. The zero-order chi connectivity index (χ0) is 21.5. The summed E-state index contributed by atoms with van der Waals surface area (Å²) in [5, 5.41) is 3.30. The van der Waals surface area contributed by atoms with E-state index < -0.39 is 11.6 Å². The molecule has 0 spiro atoms. The molecule has 1 N–H and O–H groups in total. The molecule has 174 valence electrons. The van der Waals surface area contributed by atoms with Crippen LogP contribution in [0, 0.1) is 17.6 Å². The van der Waals surface area contributed by atoms with Crippen molar-refractivity contribution in [2.75, 3.05) is 52.5 Å². The quantitative estimate of drug-likeness (QED) is 0.348. The van der Waals surface area contributed by atoms with Crippen LogP contribution in [0.1, 0.15) is 38.2 Å². The number of amides is 1. The molecule has 0 bridgehead atoms. The fraction of sp³-hybridized carbons (Fsp3) is 0.636. The predicted octanol–water partition coefficient (Wildman–Crippen LogP) is 3.22. The first-order valence-electron chi connectivity index (χ1n) is 10.8. The molecular weight excluding hydrogens is 517 g/mol. The lowest BCUT2D eigenvalue weighted by Crippen LogP contribution is -2.50. The molecule has 31 heavy (non-hydrogen) atoms. The molecule has 1 aromatic rings. The summed E-state index contributed by atoms with van der Waals surface area (Å²) in [5.41, 5.74) is 0.464. The van der Waals surface area contributed by atoms with Crippen molar-refractivity contribution in [2.45, 2.75) is 32.6 Å². The summed E-state index contributed by atoms with van der Waals surface area (Å²) in [5.74, 6) is -0.210. The minimum absolute atomic E-state index is 0. The predicted molar refractivity (Wildman–Crippen MR) is 128 cm³/mol. The molecule has 1 atom stereocenters. The Bertz CT molecular complexity index is 751. The molecule has 1 amide bonds. The molecule has 0 saturated carbocycles. The Labute approximate surface area is 200 Å². The van der Waals surface area contributed by atoms with Gasteiger partial charge < -0.3 is 19.9 Å². The van der Waals surface area contributed by atoms with Crippen LogP contribution in [0.3, 0.4) is 0 Å². The summed E-state index contributed by atoms with van der Waals surface area (Å²) in [7, 11) is 0. The lowest BCUT2D eigenvalue weighted by molar-refractivity contribution is -0.140. The van der Waals surface area contributed by atoms with Gasteiger partial charge in [0.15, 0.2) is 5.96 Å². The second kappa shape index (κ2) is 12.5. The van der Waals surface area contributed by atoms with Gasteiger partial charge in [-0.05, 0) is 31.4 Å². The van der Waals surface area contributed by atoms with Gasteiger partial charge in [-0.25, -0.2) is 8.78 Å². The number of carbonyl (C=O) groups is 1. The smallest absolute Gasteiger partial charge is 0.225 e. The third kappa shape index (κ3) is 7.00. The monoisotopic (exact) mass is 550 g/mol. The molecule has 2 aliphatic heterocycles. The lowest BCUT2D eigenvalue weighted by atomic mass is 9.95. The van der Waals surface area contributed by atoms with Crippen molar-refractivity contribution < 1.29 is 18.3 Å². The molecular formula is C22H33F2IN4O2. The van der Waals surface area contributed by atoms with Gasteiger partial charge >= 0.3 is 0 Å². The molecule has 9 heteroatoms. The van der Waals surface area contributed by atoms with Crippen molar-refractivity contribution in [3.05, 3.63) is 35.4 Å². The summed E-state index contributed by atoms with van der Waals surface area (Å²) in [6.07, 6.45) is 1.59. The number of benzene rings is 1. The summed E-state index contributed by atoms with van der Waals surface area (Å²) >= 11 is 0. The average molecular weight is 550 g/mol. The Balaban J connectivity index is 0.00000341. The molecule has 0 aliphatic carbocycles. The van der Waals surface area contributed by atoms with Crippen LogP contribution in [0.15, 0.2) is 23.2 Å². The van der Waals surface area contributed by atoms with Crippen LogP contribution in [0.5, 0.6) is 0 Å². The maximum Gasteiger partial charge on any atom is 0.225 e. The van der Waals surface area contributed by atoms with Gasteiger partial charge in [0.2, 0.25) is 5.91 Å². The normalized spacial score (nSPS) is 19.0. The Morgan fingerprint density at radius 3 is 2.48 bits per heavy atom. The number of nitrogens with zero attached hydrogens (tertiary/aromatic N) is 3. The van der Waals surface area contributed by atoms with Crippen LogP contribution < -0.4 is 5.32 Å². The van der Waals surface area contributed by atoms with Crippen LogP contribution in [-0.4, -0.2) is 74.1 Å². The van der Waals surface area contributed by atoms with Crippen molar-refractivity contribution >= 4 is 35.8 Å². The van der Waals surface area contributed by atoms with E-state index in [0.29, 0.717) is 38.4 Å². The number of carbonyl (C=O) groups excluding carboxylic acids is 1. The molecule has 0 aromatic heterocycles. The standard InChI is InChI=1S/C22H32F2N4O2.HI/c1-3-25-22(26-15-16(2)19-5-4-18(23)14-20(19)24)28-8-6-17(7-9-28)21(29)27-10-12-30-13-11-27;/h4-5,14,16-17H,3,6-13,15H2,1-2H3,(H,25,26);1H. The maximum absolute atomic E-state index is 14.0. The lowest BCUT2D eigenvalue weighted by Gasteiger charge is -2.36. The first kappa shape index (κ1) is 25.8. The maximum atomic E-state index is 14.0. The fourth-order valence-corrected chi connectivity index (χ4v) is 4.03. The molecule has 6 nitrogen and oxygen atoms in total. The van der Waals surface area contributed by atoms with E-state index in [2.05, 4.69) is 10.2 Å². The number of aliphatic imine (C=N–C) groups is 1. The molecule has 3 rings (SSSR count). The van der Waals surface area contributed by atoms with Gasteiger partial charge in [-0.2, -0.15) is 0 Å². The summed E-state index contributed by atoms with van der Waals surface area (Å²) in [6, 6.07) is 3.68. The number of nitrogens with one attached hydrogen (secondary N) is 1. The van der Waals surface area contributed by atoms with E-state index in [1.54, 1.807) is 0 Å². The first-order chi connectivity index (χ1) is 14.5. The van der Waals surface area contributed by atoms with Crippen LogP contribution in [0.2, 0.25) is 0 Å². The molecule has 2 fully saturated rings. The third-order valence-electron chi connectivity index (χ3n) is 5.81. The number of rotatable bonds is 5. The summed E-state index contributed by atoms with van der Waals surface area (Å²) in [6.45, 7) is 9.13. The van der Waals surface area contributed by atoms with E-state index in [1.807, 2.05) is 18.7 Å². The van der Waals surface area contributed by atoms with E-state index in [4.69, 9.17) is 9.73 Å². The Kier molecular flexibility index (Phi) is 10.4. The highest BCUT2D eigenvalue weighted by Gasteiger charge is 2.30. The topological polar surface area (TPSA) is 57.2 Å². The molecule has 1 aromatic carbocycles. The number of hydrogen-bond donors (Lipinski definition) is 1. The molecule has 1 unspecified atom stereocenters. The van der Waals surface area contributed by atoms with Gasteiger partial charge in [-0.3, -0.25) is 9.79 Å². The van der Waals surface area contributed by atoms with Gasteiger partial charge in [0.25, 0.3) is 0 Å². The Morgan fingerprint density at radius 1 is 1.19 bits per heavy atom. The highest BCUT2D eigenvalue weighted by atomic mass is 127. The van der Waals surface area contributed by atoms with Crippen molar-refractivity contribution in [3.8, 4) is 0 Å². The second-order valence-corrected chi connectivity index (χ2v) is 7.96. The number of likely N-dealkylation sites (tertiary alicyclic amines) is 1. The number of hydrogen-bond acceptors (Lipinski definition) is 3. The van der Waals surface area contributed by atoms with Gasteiger partial charge in [0.1, 0.15) is 11.6 Å². The number of halogens is 3. The summed E-state index contributed by atoms with van der Waals surface area (Å²) < 4.78 is 32.5. The third-order valence-corrected chi connectivity index (χ3v) is 5.81. The van der Waals surface area contributed by atoms with Crippen molar-refractivity contribution in [3.63, 3.8) is 0 Å². The fourth-order valence-electron chi connectivity index (χ4n) is 4.03. The van der Waals surface area contributed by atoms with E-state index in [9.17, 15) is 13.6 Å². The largest absolute Gasteiger partial charge is 0.378 e. The van der Waals surface area contributed by atoms with Crippen LogP contribution in [0.25, 0.3) is 0 Å². The van der Waals surface area contributed by atoms with Crippen molar-refractivity contribution in [2.24, 2.45) is 10.9 Å². The van der Waals surface area contributed by atoms with Crippen LogP contribution in [-0.2, 0) is 9.53 Å². The molecule has 2 saturated heterocycles. The van der Waals surface area contributed by atoms with E-state index >= 15 is 0 Å². The summed E-state index contributed by atoms with van der Waals surface area (Å²) in [4.78, 5) is 21.5. The van der Waals surface area contributed by atoms with Gasteiger partial charge in [-0.15, -0.1) is 24.0 Å². The molecule has 0 radical (unpaired) electrons. The minimum Gasteiger partial charge on any atom is -0.378 e. The van der Waals surface area contributed by atoms with Gasteiger partial charge in [0.05, 0.1) is 13.2 Å². The van der Waals surface area contributed by atoms with E-state index in [0.717, 1.165) is 44.5 Å². The number of piperidine rings is 1. The average Bonchev–Trinajstić information content (AvgIpc) is 2.76. The SMILES string of the molecule is CCNC(=NCC(C)c1ccc(F)cc1F)N1CCC(C(=O)N2CCOCC2)CC1.I. The number of ether oxygens (including phenoxy) is 1.